The number of carbonyl (C=O) groups excluding carboxylic acids is 1. The molecular formula is C15H22N2O4. The number of carboxylic acid groups (broad SMARTS) is 1. The number of benzene rings is 1. The minimum absolute atomic E-state index is 0.0250. The van der Waals surface area contributed by atoms with Crippen molar-refractivity contribution in [2.24, 2.45) is 0 Å². The lowest BCUT2D eigenvalue weighted by molar-refractivity contribution is -0.138. The number of amides is 2. The van der Waals surface area contributed by atoms with Gasteiger partial charge in [0.2, 0.25) is 0 Å². The molecule has 6 heteroatoms. The Bertz CT molecular complexity index is 462. The molecule has 1 rings (SSSR count). The van der Waals surface area contributed by atoms with Gasteiger partial charge in [-0.3, -0.25) is 4.79 Å². The van der Waals surface area contributed by atoms with E-state index in [9.17, 15) is 19.8 Å². The second kappa shape index (κ2) is 8.26. The lowest BCUT2D eigenvalue weighted by atomic mass is 9.99. The monoisotopic (exact) mass is 294 g/mol. The molecule has 0 aliphatic rings. The van der Waals surface area contributed by atoms with Crippen LogP contribution in [0.1, 0.15) is 24.8 Å². The first kappa shape index (κ1) is 17.0. The van der Waals surface area contributed by atoms with Gasteiger partial charge in [0, 0.05) is 20.1 Å². The summed E-state index contributed by atoms with van der Waals surface area (Å²) in [6.07, 6.45) is 0.00153. The SMILES string of the molecule is CC(O)CCN(C)C(=O)NCC(C(=O)O)c1ccccc1. The van der Waals surface area contributed by atoms with Crippen LogP contribution in [-0.4, -0.2) is 53.4 Å². The van der Waals surface area contributed by atoms with Crippen LogP contribution >= 0.6 is 0 Å². The normalized spacial score (nSPS) is 13.3. The molecule has 21 heavy (non-hydrogen) atoms. The number of rotatable bonds is 7. The lowest BCUT2D eigenvalue weighted by Gasteiger charge is -2.20. The van der Waals surface area contributed by atoms with E-state index >= 15 is 0 Å². The fourth-order valence-corrected chi connectivity index (χ4v) is 1.84. The van der Waals surface area contributed by atoms with E-state index < -0.39 is 18.0 Å². The second-order valence-corrected chi connectivity index (χ2v) is 5.05. The van der Waals surface area contributed by atoms with E-state index in [-0.39, 0.29) is 12.6 Å². The zero-order valence-corrected chi connectivity index (χ0v) is 12.3. The highest BCUT2D eigenvalue weighted by atomic mass is 16.4. The van der Waals surface area contributed by atoms with Crippen molar-refractivity contribution in [3.8, 4) is 0 Å². The van der Waals surface area contributed by atoms with Crippen molar-refractivity contribution in [2.75, 3.05) is 20.1 Å². The molecule has 1 aromatic rings. The number of hydrogen-bond acceptors (Lipinski definition) is 3. The van der Waals surface area contributed by atoms with Crippen LogP contribution in [-0.2, 0) is 4.79 Å². The predicted molar refractivity (Wildman–Crippen MR) is 79.1 cm³/mol. The number of aliphatic hydroxyl groups excluding tert-OH is 1. The maximum atomic E-state index is 11.9. The van der Waals surface area contributed by atoms with Gasteiger partial charge in [-0.25, -0.2) is 4.79 Å². The molecular weight excluding hydrogens is 272 g/mol. The van der Waals surface area contributed by atoms with E-state index in [1.54, 1.807) is 38.2 Å². The summed E-state index contributed by atoms with van der Waals surface area (Å²) in [7, 11) is 1.61. The summed E-state index contributed by atoms with van der Waals surface area (Å²) in [6, 6.07) is 8.44. The highest BCUT2D eigenvalue weighted by Crippen LogP contribution is 2.14. The Morgan fingerprint density at radius 1 is 1.29 bits per heavy atom. The van der Waals surface area contributed by atoms with Crippen molar-refractivity contribution in [3.63, 3.8) is 0 Å². The summed E-state index contributed by atoms with van der Waals surface area (Å²) in [4.78, 5) is 24.6. The lowest BCUT2D eigenvalue weighted by Crippen LogP contribution is -2.41. The van der Waals surface area contributed by atoms with Gasteiger partial charge in [0.25, 0.3) is 0 Å². The number of hydrogen-bond donors (Lipinski definition) is 3. The zero-order valence-electron chi connectivity index (χ0n) is 12.3. The molecule has 0 aliphatic carbocycles. The van der Waals surface area contributed by atoms with E-state index in [2.05, 4.69) is 5.32 Å². The molecule has 0 bridgehead atoms. The summed E-state index contributed by atoms with van der Waals surface area (Å²) in [6.45, 7) is 2.09. The molecule has 116 valence electrons. The van der Waals surface area contributed by atoms with Crippen LogP contribution in [0.3, 0.4) is 0 Å². The molecule has 0 fully saturated rings. The molecule has 0 heterocycles. The van der Waals surface area contributed by atoms with E-state index in [0.717, 1.165) is 0 Å². The van der Waals surface area contributed by atoms with Crippen LogP contribution in [0.15, 0.2) is 30.3 Å². The van der Waals surface area contributed by atoms with E-state index in [4.69, 9.17) is 0 Å². The van der Waals surface area contributed by atoms with Crippen molar-refractivity contribution in [2.45, 2.75) is 25.4 Å². The maximum Gasteiger partial charge on any atom is 0.317 e. The molecule has 6 nitrogen and oxygen atoms in total. The average Bonchev–Trinajstić information content (AvgIpc) is 2.45. The van der Waals surface area contributed by atoms with Crippen molar-refractivity contribution >= 4 is 12.0 Å². The Morgan fingerprint density at radius 2 is 1.90 bits per heavy atom. The Labute approximate surface area is 124 Å². The standard InChI is InChI=1S/C15H22N2O4/c1-11(18)8-9-17(2)15(21)16-10-13(14(19)20)12-6-4-3-5-7-12/h3-7,11,13,18H,8-10H2,1-2H3,(H,16,21)(H,19,20). The molecule has 2 unspecified atom stereocenters. The largest absolute Gasteiger partial charge is 0.481 e. The third-order valence-corrected chi connectivity index (χ3v) is 3.19. The Hall–Kier alpha value is -2.08. The van der Waals surface area contributed by atoms with Gasteiger partial charge >= 0.3 is 12.0 Å². The predicted octanol–water partition coefficient (Wildman–Crippen LogP) is 1.27. The van der Waals surface area contributed by atoms with Crippen LogP contribution in [0.25, 0.3) is 0 Å². The van der Waals surface area contributed by atoms with E-state index in [1.165, 1.54) is 4.90 Å². The second-order valence-electron chi connectivity index (χ2n) is 5.05. The fourth-order valence-electron chi connectivity index (χ4n) is 1.84. The van der Waals surface area contributed by atoms with E-state index in [0.29, 0.717) is 18.5 Å². The molecule has 0 radical (unpaired) electrons. The Kier molecular flexibility index (Phi) is 6.68. The summed E-state index contributed by atoms with van der Waals surface area (Å²) >= 11 is 0. The van der Waals surface area contributed by atoms with Gasteiger partial charge in [-0.2, -0.15) is 0 Å². The summed E-state index contributed by atoms with van der Waals surface area (Å²) < 4.78 is 0. The van der Waals surface area contributed by atoms with Crippen molar-refractivity contribution < 1.29 is 19.8 Å². The van der Waals surface area contributed by atoms with Gasteiger partial charge in [0.1, 0.15) is 0 Å². The Morgan fingerprint density at radius 3 is 2.43 bits per heavy atom. The smallest absolute Gasteiger partial charge is 0.317 e. The molecule has 3 N–H and O–H groups in total. The number of aliphatic hydroxyl groups is 1. The van der Waals surface area contributed by atoms with Gasteiger partial charge in [0.15, 0.2) is 0 Å². The number of carbonyl (C=O) groups is 2. The molecule has 0 aliphatic heterocycles. The first-order valence-corrected chi connectivity index (χ1v) is 6.86. The first-order valence-electron chi connectivity index (χ1n) is 6.86. The van der Waals surface area contributed by atoms with Crippen LogP contribution in [0.5, 0.6) is 0 Å². The molecule has 0 saturated carbocycles. The number of carboxylic acids is 1. The number of nitrogens with zero attached hydrogens (tertiary/aromatic N) is 1. The number of urea groups is 1. The highest BCUT2D eigenvalue weighted by Gasteiger charge is 2.21. The third kappa shape index (κ3) is 5.83. The Balaban J connectivity index is 2.54. The topological polar surface area (TPSA) is 89.9 Å². The van der Waals surface area contributed by atoms with Crippen LogP contribution in [0, 0.1) is 0 Å². The quantitative estimate of drug-likeness (QED) is 0.706. The summed E-state index contributed by atoms with van der Waals surface area (Å²) in [5.74, 6) is -1.76. The fraction of sp³-hybridized carbons (Fsp3) is 0.467. The molecule has 0 saturated heterocycles. The maximum absolute atomic E-state index is 11.9. The van der Waals surface area contributed by atoms with Crippen LogP contribution in [0.2, 0.25) is 0 Å². The molecule has 1 aromatic carbocycles. The van der Waals surface area contributed by atoms with Gasteiger partial charge in [-0.15, -0.1) is 0 Å². The zero-order chi connectivity index (χ0) is 15.8. The van der Waals surface area contributed by atoms with Gasteiger partial charge in [0.05, 0.1) is 12.0 Å². The third-order valence-electron chi connectivity index (χ3n) is 3.19. The van der Waals surface area contributed by atoms with Gasteiger partial charge < -0.3 is 20.4 Å². The van der Waals surface area contributed by atoms with Crippen molar-refractivity contribution in [1.29, 1.82) is 0 Å². The highest BCUT2D eigenvalue weighted by molar-refractivity contribution is 5.79. The van der Waals surface area contributed by atoms with Crippen molar-refractivity contribution in [1.82, 2.24) is 10.2 Å². The molecule has 2 amide bonds. The minimum Gasteiger partial charge on any atom is -0.481 e. The summed E-state index contributed by atoms with van der Waals surface area (Å²) in [5.41, 5.74) is 0.650. The van der Waals surface area contributed by atoms with Crippen molar-refractivity contribution in [3.05, 3.63) is 35.9 Å². The average molecular weight is 294 g/mol. The van der Waals surface area contributed by atoms with Crippen LogP contribution in [0.4, 0.5) is 4.79 Å². The van der Waals surface area contributed by atoms with Gasteiger partial charge in [-0.05, 0) is 18.9 Å². The number of aliphatic carboxylic acids is 1. The number of nitrogens with one attached hydrogen (secondary N) is 1. The molecule has 2 atom stereocenters. The van der Waals surface area contributed by atoms with Gasteiger partial charge in [-0.1, -0.05) is 30.3 Å². The first-order chi connectivity index (χ1) is 9.91. The minimum atomic E-state index is -0.979. The van der Waals surface area contributed by atoms with Crippen LogP contribution < -0.4 is 5.32 Å². The molecule has 0 aromatic heterocycles. The van der Waals surface area contributed by atoms with E-state index in [1.807, 2.05) is 6.07 Å². The molecule has 0 spiro atoms. The summed E-state index contributed by atoms with van der Waals surface area (Å²) in [5, 5.41) is 21.1.